The fraction of sp³-hybridized carbons (Fsp3) is 0. The number of rotatable bonds is 6. The van der Waals surface area contributed by atoms with Crippen LogP contribution >= 0.6 is 0 Å². The summed E-state index contributed by atoms with van der Waals surface area (Å²) in [5, 5.41) is 0. The van der Waals surface area contributed by atoms with Gasteiger partial charge >= 0.3 is 91.2 Å². The Kier molecular flexibility index (Phi) is 6.11. The molecule has 0 fully saturated rings. The molecule has 0 aliphatic carbocycles. The van der Waals surface area contributed by atoms with Gasteiger partial charge in [-0.1, -0.05) is 0 Å². The third-order valence-electron chi connectivity index (χ3n) is 0.410. The van der Waals surface area contributed by atoms with Crippen LogP contribution in [0.3, 0.4) is 0 Å². The van der Waals surface area contributed by atoms with Gasteiger partial charge in [-0.3, -0.25) is 0 Å². The van der Waals surface area contributed by atoms with Crippen molar-refractivity contribution in [2.24, 2.45) is 0 Å². The topological polar surface area (TPSA) is 130 Å². The van der Waals surface area contributed by atoms with Crippen molar-refractivity contribution < 1.29 is 91.2 Å². The maximum absolute atomic E-state index is 10.4. The first-order valence-corrected chi connectivity index (χ1v) is 8.51. The van der Waals surface area contributed by atoms with Crippen LogP contribution in [0, 0.1) is 0 Å². The standard InChI is InChI=1S/2Cr.9O.2V. The fourth-order valence-corrected chi connectivity index (χ4v) is 4.74. The molecule has 0 spiro atoms. The average molecular weight is 350 g/mol. The summed E-state index contributed by atoms with van der Waals surface area (Å²) < 4.78 is 71.7. The second-order valence-corrected chi connectivity index (χ2v) is 7.67. The normalized spacial score (nSPS) is 12.3. The molecule has 76 valence electrons. The van der Waals surface area contributed by atoms with E-state index in [1.807, 2.05) is 0 Å². The van der Waals surface area contributed by atoms with E-state index in [1.165, 1.54) is 0 Å². The van der Waals surface area contributed by atoms with Crippen LogP contribution in [0.1, 0.15) is 0 Å². The van der Waals surface area contributed by atoms with Crippen LogP contribution in [-0.4, -0.2) is 0 Å². The Hall–Kier alpha value is 0.914. The van der Waals surface area contributed by atoms with Crippen molar-refractivity contribution in [2.75, 3.05) is 0 Å². The van der Waals surface area contributed by atoms with Crippen molar-refractivity contribution in [3.05, 3.63) is 0 Å². The van der Waals surface area contributed by atoms with Crippen LogP contribution in [-0.2, 0) is 91.2 Å². The van der Waals surface area contributed by atoms with E-state index in [-0.39, 0.29) is 0 Å². The number of hydrogen-bond donors (Lipinski definition) is 0. The third-order valence-corrected chi connectivity index (χ3v) is 6.97. The van der Waals surface area contributed by atoms with Crippen molar-refractivity contribution >= 4 is 0 Å². The van der Waals surface area contributed by atoms with Crippen molar-refractivity contribution in [3.63, 3.8) is 0 Å². The van der Waals surface area contributed by atoms with Gasteiger partial charge in [-0.05, 0) is 0 Å². The molecule has 0 saturated heterocycles. The van der Waals surface area contributed by atoms with Gasteiger partial charge in [0.05, 0.1) is 0 Å². The van der Waals surface area contributed by atoms with Crippen LogP contribution in [0.4, 0.5) is 0 Å². The van der Waals surface area contributed by atoms with Gasteiger partial charge in [0.1, 0.15) is 0 Å². The zero-order valence-electron chi connectivity index (χ0n) is 5.39. The third kappa shape index (κ3) is 6.92. The molecule has 0 radical (unpaired) electrons. The molecule has 0 atom stereocenters. The zero-order chi connectivity index (χ0) is 10.5. The summed E-state index contributed by atoms with van der Waals surface area (Å²) in [6.07, 6.45) is 0. The Morgan fingerprint density at radius 3 is 1.31 bits per heavy atom. The molecule has 13 heteroatoms. The van der Waals surface area contributed by atoms with Gasteiger partial charge in [0, 0.05) is 0 Å². The SMILES string of the molecule is [O]=[V][O][Cr](=[O])(=[O])[O][Cr](=[O])(=[O])[O][V]=[O]. The summed E-state index contributed by atoms with van der Waals surface area (Å²) in [4.78, 5) is 0. The van der Waals surface area contributed by atoms with Crippen molar-refractivity contribution in [3.8, 4) is 0 Å². The van der Waals surface area contributed by atoms with E-state index in [4.69, 9.17) is 0 Å². The average Bonchev–Trinajstić information content (AvgIpc) is 1.82. The summed E-state index contributed by atoms with van der Waals surface area (Å²) in [5.74, 6) is 0. The summed E-state index contributed by atoms with van der Waals surface area (Å²) in [7, 11) is 0. The molecule has 0 aromatic carbocycles. The zero-order valence-corrected chi connectivity index (χ0v) is 10.7. The summed E-state index contributed by atoms with van der Waals surface area (Å²) in [6, 6.07) is 0. The molecular formula is Cr2O9V2. The van der Waals surface area contributed by atoms with Gasteiger partial charge in [0.2, 0.25) is 0 Å². The van der Waals surface area contributed by atoms with E-state index in [2.05, 4.69) is 8.27 Å². The monoisotopic (exact) mass is 350 g/mol. The first-order chi connectivity index (χ1) is 5.83. The molecule has 0 amide bonds. The molecule has 0 aromatic heterocycles. The van der Waals surface area contributed by atoms with Crippen LogP contribution in [0.15, 0.2) is 0 Å². The number of hydrogen-bond acceptors (Lipinski definition) is 9. The quantitative estimate of drug-likeness (QED) is 0.596. The van der Waals surface area contributed by atoms with E-state index in [0.717, 1.165) is 0 Å². The van der Waals surface area contributed by atoms with Crippen molar-refractivity contribution in [1.82, 2.24) is 0 Å². The van der Waals surface area contributed by atoms with Gasteiger partial charge in [-0.25, -0.2) is 0 Å². The molecular weight excluding hydrogens is 350 g/mol. The summed E-state index contributed by atoms with van der Waals surface area (Å²) in [6.45, 7) is 0. The van der Waals surface area contributed by atoms with E-state index in [0.29, 0.717) is 0 Å². The summed E-state index contributed by atoms with van der Waals surface area (Å²) >= 11 is -15.7. The van der Waals surface area contributed by atoms with Gasteiger partial charge in [-0.15, -0.1) is 0 Å². The fourth-order valence-electron chi connectivity index (χ4n) is 0.201. The molecule has 0 aliphatic heterocycles. The van der Waals surface area contributed by atoms with Crippen molar-refractivity contribution in [1.29, 1.82) is 0 Å². The van der Waals surface area contributed by atoms with E-state index < -0.39 is 60.4 Å². The maximum atomic E-state index is 10.4. The van der Waals surface area contributed by atoms with Gasteiger partial charge in [-0.2, -0.15) is 0 Å². The van der Waals surface area contributed by atoms with E-state index in [9.17, 15) is 22.6 Å². The molecule has 0 saturated carbocycles. The first-order valence-electron chi connectivity index (χ1n) is 2.06. The molecule has 0 rings (SSSR count). The minimum absolute atomic E-state index is 2.23. The Bertz CT molecular complexity index is 334. The Balaban J connectivity index is 4.62. The minimum atomic E-state index is -5.63. The first kappa shape index (κ1) is 13.9. The Morgan fingerprint density at radius 1 is 0.769 bits per heavy atom. The summed E-state index contributed by atoms with van der Waals surface area (Å²) in [5.41, 5.74) is 0. The molecule has 0 bridgehead atoms. The predicted octanol–water partition coefficient (Wildman–Crippen LogP) is -0.928. The van der Waals surface area contributed by atoms with E-state index in [1.54, 1.807) is 0 Å². The molecule has 0 aliphatic rings. The van der Waals surface area contributed by atoms with Gasteiger partial charge < -0.3 is 0 Å². The van der Waals surface area contributed by atoms with Crippen LogP contribution in [0.5, 0.6) is 0 Å². The second-order valence-electron chi connectivity index (χ2n) is 1.18. The van der Waals surface area contributed by atoms with Crippen molar-refractivity contribution in [2.45, 2.75) is 0 Å². The Labute approximate surface area is 90.6 Å². The Morgan fingerprint density at radius 2 is 1.08 bits per heavy atom. The molecule has 0 aromatic rings. The van der Waals surface area contributed by atoms with Crippen LogP contribution in [0.25, 0.3) is 0 Å². The predicted molar refractivity (Wildman–Crippen MR) is 7.37 cm³/mol. The molecule has 9 nitrogen and oxygen atoms in total. The molecule has 0 unspecified atom stereocenters. The van der Waals surface area contributed by atoms with Gasteiger partial charge in [0.25, 0.3) is 0 Å². The van der Waals surface area contributed by atoms with Crippen LogP contribution < -0.4 is 0 Å². The van der Waals surface area contributed by atoms with E-state index >= 15 is 0 Å². The molecule has 0 heterocycles. The molecule has 13 heavy (non-hydrogen) atoms. The second kappa shape index (κ2) is 5.71. The van der Waals surface area contributed by atoms with Gasteiger partial charge in [0.15, 0.2) is 0 Å². The molecule has 0 N–H and O–H groups in total. The van der Waals surface area contributed by atoms with Crippen LogP contribution in [0.2, 0.25) is 0 Å².